The standard InChI is InChI=1S/C25H24N2O3S/c1-16-4-6-21-19(12-16)20(14-22(27-21)18-9-11-31-15-18)25(28)26-10-8-17-5-7-23(29-2)24(13-17)30-3/h4-7,9,11-15H,8,10H2,1-3H3,(H,26,28). The molecule has 2 heterocycles. The molecule has 0 saturated carbocycles. The van der Waals surface area contributed by atoms with Crippen molar-refractivity contribution in [1.29, 1.82) is 0 Å². The van der Waals surface area contributed by atoms with Crippen LogP contribution >= 0.6 is 11.3 Å². The van der Waals surface area contributed by atoms with Crippen molar-refractivity contribution in [2.24, 2.45) is 0 Å². The summed E-state index contributed by atoms with van der Waals surface area (Å²) in [4.78, 5) is 17.9. The van der Waals surface area contributed by atoms with Crippen LogP contribution in [0, 0.1) is 6.92 Å². The van der Waals surface area contributed by atoms with Gasteiger partial charge in [-0.15, -0.1) is 0 Å². The van der Waals surface area contributed by atoms with Crippen molar-refractivity contribution < 1.29 is 14.3 Å². The summed E-state index contributed by atoms with van der Waals surface area (Å²) in [5.41, 5.74) is 5.44. The van der Waals surface area contributed by atoms with Crippen molar-refractivity contribution in [1.82, 2.24) is 10.3 Å². The fourth-order valence-electron chi connectivity index (χ4n) is 3.54. The van der Waals surface area contributed by atoms with Gasteiger partial charge in [-0.2, -0.15) is 11.3 Å². The van der Waals surface area contributed by atoms with E-state index >= 15 is 0 Å². The molecule has 0 unspecified atom stereocenters. The predicted octanol–water partition coefficient (Wildman–Crippen LogP) is 5.26. The molecule has 4 rings (SSSR count). The Morgan fingerprint density at radius 1 is 1.03 bits per heavy atom. The first kappa shape index (κ1) is 20.9. The predicted molar refractivity (Wildman–Crippen MR) is 125 cm³/mol. The minimum absolute atomic E-state index is 0.102. The van der Waals surface area contributed by atoms with Gasteiger partial charge in [0.05, 0.1) is 31.0 Å². The van der Waals surface area contributed by atoms with Crippen molar-refractivity contribution >= 4 is 28.1 Å². The molecule has 0 atom stereocenters. The molecule has 2 aromatic heterocycles. The number of hydrogen-bond donors (Lipinski definition) is 1. The highest BCUT2D eigenvalue weighted by molar-refractivity contribution is 7.08. The summed E-state index contributed by atoms with van der Waals surface area (Å²) in [6.45, 7) is 2.53. The third-order valence-corrected chi connectivity index (χ3v) is 5.86. The Hall–Kier alpha value is -3.38. The molecule has 0 saturated heterocycles. The van der Waals surface area contributed by atoms with E-state index in [0.29, 0.717) is 30.0 Å². The first-order valence-electron chi connectivity index (χ1n) is 10.0. The lowest BCUT2D eigenvalue weighted by Gasteiger charge is -2.12. The summed E-state index contributed by atoms with van der Waals surface area (Å²) < 4.78 is 10.6. The minimum atomic E-state index is -0.102. The molecular weight excluding hydrogens is 408 g/mol. The number of aromatic nitrogens is 1. The zero-order chi connectivity index (χ0) is 21.8. The molecule has 31 heavy (non-hydrogen) atoms. The van der Waals surface area contributed by atoms with Crippen molar-refractivity contribution in [3.8, 4) is 22.8 Å². The van der Waals surface area contributed by atoms with E-state index < -0.39 is 0 Å². The zero-order valence-electron chi connectivity index (χ0n) is 17.8. The molecule has 0 aliphatic rings. The number of rotatable bonds is 7. The summed E-state index contributed by atoms with van der Waals surface area (Å²) in [6.07, 6.45) is 0.686. The quantitative estimate of drug-likeness (QED) is 0.433. The minimum Gasteiger partial charge on any atom is -0.493 e. The molecule has 6 heteroatoms. The van der Waals surface area contributed by atoms with Crippen molar-refractivity contribution in [3.63, 3.8) is 0 Å². The third-order valence-electron chi connectivity index (χ3n) is 5.17. The normalized spacial score (nSPS) is 10.8. The number of thiophene rings is 1. The summed E-state index contributed by atoms with van der Waals surface area (Å²) >= 11 is 1.61. The Kier molecular flexibility index (Phi) is 6.18. The topological polar surface area (TPSA) is 60.5 Å². The van der Waals surface area contributed by atoms with Crippen LogP contribution in [0.2, 0.25) is 0 Å². The molecular formula is C25H24N2O3S. The number of fused-ring (bicyclic) bond motifs is 1. The van der Waals surface area contributed by atoms with E-state index in [2.05, 4.69) is 5.32 Å². The van der Waals surface area contributed by atoms with E-state index in [1.807, 2.05) is 66.2 Å². The van der Waals surface area contributed by atoms with Gasteiger partial charge < -0.3 is 14.8 Å². The van der Waals surface area contributed by atoms with Crippen LogP contribution in [0.15, 0.2) is 59.3 Å². The first-order valence-corrected chi connectivity index (χ1v) is 11.0. The second-order valence-corrected chi connectivity index (χ2v) is 8.06. The molecule has 0 radical (unpaired) electrons. The fourth-order valence-corrected chi connectivity index (χ4v) is 4.19. The highest BCUT2D eigenvalue weighted by Crippen LogP contribution is 2.28. The van der Waals surface area contributed by atoms with Crippen LogP contribution in [0.25, 0.3) is 22.2 Å². The maximum absolute atomic E-state index is 13.1. The number of ether oxygens (including phenoxy) is 2. The smallest absolute Gasteiger partial charge is 0.252 e. The first-order chi connectivity index (χ1) is 15.1. The molecule has 0 fully saturated rings. The average molecular weight is 433 g/mol. The summed E-state index contributed by atoms with van der Waals surface area (Å²) in [7, 11) is 3.23. The van der Waals surface area contributed by atoms with Gasteiger partial charge in [-0.05, 0) is 60.7 Å². The lowest BCUT2D eigenvalue weighted by molar-refractivity contribution is 0.0955. The van der Waals surface area contributed by atoms with Gasteiger partial charge in [0.1, 0.15) is 0 Å². The van der Waals surface area contributed by atoms with Gasteiger partial charge >= 0.3 is 0 Å². The molecule has 0 spiro atoms. The highest BCUT2D eigenvalue weighted by Gasteiger charge is 2.14. The Morgan fingerprint density at radius 2 is 1.87 bits per heavy atom. The fraction of sp³-hybridized carbons (Fsp3) is 0.200. The summed E-state index contributed by atoms with van der Waals surface area (Å²) in [6, 6.07) is 15.7. The van der Waals surface area contributed by atoms with Gasteiger partial charge in [-0.25, -0.2) is 4.98 Å². The van der Waals surface area contributed by atoms with E-state index in [-0.39, 0.29) is 5.91 Å². The maximum atomic E-state index is 13.1. The molecule has 2 aromatic carbocycles. The lowest BCUT2D eigenvalue weighted by Crippen LogP contribution is -2.26. The molecule has 1 amide bonds. The van der Waals surface area contributed by atoms with Crippen LogP contribution in [0.4, 0.5) is 0 Å². The molecule has 0 bridgehead atoms. The van der Waals surface area contributed by atoms with Crippen LogP contribution in [-0.4, -0.2) is 31.7 Å². The lowest BCUT2D eigenvalue weighted by atomic mass is 10.0. The highest BCUT2D eigenvalue weighted by atomic mass is 32.1. The van der Waals surface area contributed by atoms with Gasteiger partial charge in [0.2, 0.25) is 0 Å². The molecule has 1 N–H and O–H groups in total. The van der Waals surface area contributed by atoms with Gasteiger partial charge in [0, 0.05) is 22.9 Å². The van der Waals surface area contributed by atoms with E-state index in [0.717, 1.165) is 33.3 Å². The molecule has 158 valence electrons. The Bertz CT molecular complexity index is 1220. The summed E-state index contributed by atoms with van der Waals surface area (Å²) in [5.74, 6) is 1.27. The molecule has 5 nitrogen and oxygen atoms in total. The van der Waals surface area contributed by atoms with Gasteiger partial charge in [0.15, 0.2) is 11.5 Å². The van der Waals surface area contributed by atoms with Crippen LogP contribution < -0.4 is 14.8 Å². The number of nitrogens with zero attached hydrogens (tertiary/aromatic N) is 1. The number of nitrogens with one attached hydrogen (secondary N) is 1. The number of methoxy groups -OCH3 is 2. The largest absolute Gasteiger partial charge is 0.493 e. The number of carbonyl (C=O) groups excluding carboxylic acids is 1. The van der Waals surface area contributed by atoms with Gasteiger partial charge in [-0.1, -0.05) is 17.7 Å². The third kappa shape index (κ3) is 4.54. The Morgan fingerprint density at radius 3 is 2.61 bits per heavy atom. The van der Waals surface area contributed by atoms with Crippen molar-refractivity contribution in [2.45, 2.75) is 13.3 Å². The summed E-state index contributed by atoms with van der Waals surface area (Å²) in [5, 5.41) is 7.98. The van der Waals surface area contributed by atoms with Crippen LogP contribution in [0.5, 0.6) is 11.5 Å². The second-order valence-electron chi connectivity index (χ2n) is 7.28. The van der Waals surface area contributed by atoms with Gasteiger partial charge in [0.25, 0.3) is 5.91 Å². The van der Waals surface area contributed by atoms with Crippen LogP contribution in [0.3, 0.4) is 0 Å². The second kappa shape index (κ2) is 9.18. The van der Waals surface area contributed by atoms with E-state index in [1.54, 1.807) is 25.6 Å². The number of benzene rings is 2. The maximum Gasteiger partial charge on any atom is 0.252 e. The Labute approximate surface area is 185 Å². The Balaban J connectivity index is 1.56. The van der Waals surface area contributed by atoms with E-state index in [1.165, 1.54) is 0 Å². The average Bonchev–Trinajstić information content (AvgIpc) is 3.33. The molecule has 0 aliphatic carbocycles. The number of aryl methyl sites for hydroxylation is 1. The molecule has 4 aromatic rings. The monoisotopic (exact) mass is 432 g/mol. The number of amides is 1. The number of carbonyl (C=O) groups is 1. The molecule has 0 aliphatic heterocycles. The van der Waals surface area contributed by atoms with Gasteiger partial charge in [-0.3, -0.25) is 4.79 Å². The van der Waals surface area contributed by atoms with E-state index in [9.17, 15) is 4.79 Å². The SMILES string of the molecule is COc1ccc(CCNC(=O)c2cc(-c3ccsc3)nc3ccc(C)cc23)cc1OC. The zero-order valence-corrected chi connectivity index (χ0v) is 18.6. The van der Waals surface area contributed by atoms with Crippen LogP contribution in [0.1, 0.15) is 21.5 Å². The number of pyridine rings is 1. The van der Waals surface area contributed by atoms with Crippen LogP contribution in [-0.2, 0) is 6.42 Å². The van der Waals surface area contributed by atoms with Crippen molar-refractivity contribution in [2.75, 3.05) is 20.8 Å². The van der Waals surface area contributed by atoms with E-state index in [4.69, 9.17) is 14.5 Å². The van der Waals surface area contributed by atoms with Crippen molar-refractivity contribution in [3.05, 3.63) is 76.0 Å². The number of hydrogen-bond acceptors (Lipinski definition) is 5.